The first-order valence-electron chi connectivity index (χ1n) is 2.08. The molecule has 0 aromatic heterocycles. The van der Waals surface area contributed by atoms with Crippen LogP contribution in [0.1, 0.15) is 0 Å². The average Bonchev–Trinajstić information content (AvgIpc) is 1.59. The summed E-state index contributed by atoms with van der Waals surface area (Å²) < 4.78 is 0. The van der Waals surface area contributed by atoms with Gasteiger partial charge in [-0.1, -0.05) is 0 Å². The molecule has 0 radical (unpaired) electrons. The number of rotatable bonds is 0. The Kier molecular flexibility index (Phi) is 2.19. The summed E-state index contributed by atoms with van der Waals surface area (Å²) in [5.41, 5.74) is 8.89. The van der Waals surface area contributed by atoms with E-state index in [0.29, 0.717) is 0 Å². The Labute approximate surface area is 55.2 Å². The normalized spacial score (nSPS) is 8.40. The third kappa shape index (κ3) is 1.62. The SMILES string of the molecule is NC(=O)N(C(N)=O)C(=O)O. The zero-order chi connectivity index (χ0) is 8.31. The predicted octanol–water partition coefficient (Wildman–Crippen LogP) is -0.876. The molecule has 0 aliphatic rings. The zero-order valence-electron chi connectivity index (χ0n) is 4.77. The predicted molar refractivity (Wildman–Crippen MR) is 29.0 cm³/mol. The van der Waals surface area contributed by atoms with Crippen LogP contribution in [0.2, 0.25) is 0 Å². The summed E-state index contributed by atoms with van der Waals surface area (Å²) in [5, 5.41) is 8.04. The highest BCUT2D eigenvalue weighted by atomic mass is 16.4. The maximum Gasteiger partial charge on any atom is 0.424 e. The van der Waals surface area contributed by atoms with E-state index in [1.165, 1.54) is 0 Å². The van der Waals surface area contributed by atoms with Gasteiger partial charge in [-0.3, -0.25) is 0 Å². The molecule has 7 heteroatoms. The lowest BCUT2D eigenvalue weighted by Crippen LogP contribution is -2.47. The molecular weight excluding hydrogens is 142 g/mol. The van der Waals surface area contributed by atoms with Crippen LogP contribution in [0, 0.1) is 0 Å². The van der Waals surface area contributed by atoms with E-state index in [1.54, 1.807) is 0 Å². The van der Waals surface area contributed by atoms with Gasteiger partial charge >= 0.3 is 18.2 Å². The van der Waals surface area contributed by atoms with E-state index >= 15 is 0 Å². The van der Waals surface area contributed by atoms with Crippen molar-refractivity contribution >= 4 is 18.2 Å². The molecule has 5 amide bonds. The molecule has 0 rings (SSSR count). The van der Waals surface area contributed by atoms with E-state index in [9.17, 15) is 14.4 Å². The molecule has 0 unspecified atom stereocenters. The Bertz CT molecular complexity index is 155. The molecule has 0 heterocycles. The maximum absolute atomic E-state index is 10.0. The van der Waals surface area contributed by atoms with Gasteiger partial charge in [0.05, 0.1) is 0 Å². The lowest BCUT2D eigenvalue weighted by Gasteiger charge is -2.07. The fraction of sp³-hybridized carbons (Fsp3) is 0. The number of carboxylic acid groups (broad SMARTS) is 1. The molecule has 7 nitrogen and oxygen atoms in total. The van der Waals surface area contributed by atoms with Crippen molar-refractivity contribution in [3.8, 4) is 0 Å². The maximum atomic E-state index is 10.0. The Morgan fingerprint density at radius 2 is 1.40 bits per heavy atom. The van der Waals surface area contributed by atoms with E-state index in [4.69, 9.17) is 5.11 Å². The first-order valence-corrected chi connectivity index (χ1v) is 2.08. The zero-order valence-corrected chi connectivity index (χ0v) is 4.77. The Morgan fingerprint density at radius 3 is 1.40 bits per heavy atom. The van der Waals surface area contributed by atoms with Crippen molar-refractivity contribution in [1.82, 2.24) is 4.90 Å². The van der Waals surface area contributed by atoms with Crippen molar-refractivity contribution in [2.75, 3.05) is 0 Å². The van der Waals surface area contributed by atoms with Crippen LogP contribution in [0.4, 0.5) is 14.4 Å². The molecule has 0 aliphatic heterocycles. The summed E-state index contributed by atoms with van der Waals surface area (Å²) in [5.74, 6) is 0. The lowest BCUT2D eigenvalue weighted by molar-refractivity contribution is 0.156. The number of urea groups is 2. The van der Waals surface area contributed by atoms with Crippen LogP contribution < -0.4 is 11.5 Å². The van der Waals surface area contributed by atoms with Crippen LogP contribution in [0.25, 0.3) is 0 Å². The molecule has 0 aliphatic carbocycles. The van der Waals surface area contributed by atoms with Crippen molar-refractivity contribution in [2.24, 2.45) is 11.5 Å². The Hall–Kier alpha value is -1.79. The Balaban J connectivity index is 4.43. The van der Waals surface area contributed by atoms with Gasteiger partial charge in [0.1, 0.15) is 0 Å². The second kappa shape index (κ2) is 2.67. The van der Waals surface area contributed by atoms with Crippen LogP contribution >= 0.6 is 0 Å². The third-order valence-electron chi connectivity index (χ3n) is 0.632. The minimum absolute atomic E-state index is 0.306. The third-order valence-corrected chi connectivity index (χ3v) is 0.632. The highest BCUT2D eigenvalue weighted by Gasteiger charge is 2.22. The molecule has 0 aromatic carbocycles. The number of hydrogen-bond donors (Lipinski definition) is 3. The van der Waals surface area contributed by atoms with Crippen molar-refractivity contribution in [2.45, 2.75) is 0 Å². The summed E-state index contributed by atoms with van der Waals surface area (Å²) in [4.78, 5) is 29.7. The molecule has 5 N–H and O–H groups in total. The van der Waals surface area contributed by atoms with Crippen LogP contribution in [-0.2, 0) is 0 Å². The topological polar surface area (TPSA) is 127 Å². The van der Waals surface area contributed by atoms with Gasteiger partial charge in [-0.15, -0.1) is 4.90 Å². The molecule has 0 saturated carbocycles. The van der Waals surface area contributed by atoms with Gasteiger partial charge in [0.15, 0.2) is 0 Å². The number of hydrogen-bond acceptors (Lipinski definition) is 3. The lowest BCUT2D eigenvalue weighted by atomic mass is 10.7. The summed E-state index contributed by atoms with van der Waals surface area (Å²) >= 11 is 0. The molecule has 10 heavy (non-hydrogen) atoms. The quantitative estimate of drug-likeness (QED) is 0.411. The van der Waals surface area contributed by atoms with E-state index in [1.807, 2.05) is 0 Å². The highest BCUT2D eigenvalue weighted by molar-refractivity contribution is 6.05. The van der Waals surface area contributed by atoms with E-state index < -0.39 is 18.2 Å². The molecule has 0 spiro atoms. The number of primary amides is 2. The molecular formula is C3H5N3O4. The standard InChI is InChI=1S/C3H5N3O4/c4-1(7)6(2(5)8)3(9)10/h(H2,4,7)(H2,5,8)(H,9,10). The van der Waals surface area contributed by atoms with Gasteiger partial charge in [-0.05, 0) is 0 Å². The van der Waals surface area contributed by atoms with E-state index in [-0.39, 0.29) is 4.90 Å². The number of amides is 5. The van der Waals surface area contributed by atoms with Gasteiger partial charge in [-0.2, -0.15) is 0 Å². The number of carbonyl (C=O) groups excluding carboxylic acids is 2. The summed E-state index contributed by atoms with van der Waals surface area (Å²) in [7, 11) is 0. The molecule has 0 atom stereocenters. The van der Waals surface area contributed by atoms with Gasteiger partial charge in [-0.25, -0.2) is 14.4 Å². The van der Waals surface area contributed by atoms with Crippen LogP contribution in [0.15, 0.2) is 0 Å². The molecule has 0 aromatic rings. The fourth-order valence-corrected chi connectivity index (χ4v) is 0.297. The van der Waals surface area contributed by atoms with Crippen LogP contribution in [0.3, 0.4) is 0 Å². The molecule has 0 bridgehead atoms. The number of nitrogens with zero attached hydrogens (tertiary/aromatic N) is 1. The minimum Gasteiger partial charge on any atom is -0.464 e. The van der Waals surface area contributed by atoms with Gasteiger partial charge in [0.25, 0.3) is 0 Å². The largest absolute Gasteiger partial charge is 0.464 e. The summed E-state index contributed by atoms with van der Waals surface area (Å²) in [6.07, 6.45) is -1.79. The molecule has 0 fully saturated rings. The van der Waals surface area contributed by atoms with Crippen LogP contribution in [0.5, 0.6) is 0 Å². The monoisotopic (exact) mass is 147 g/mol. The first kappa shape index (κ1) is 8.21. The van der Waals surface area contributed by atoms with Gasteiger partial charge < -0.3 is 16.6 Å². The molecule has 0 saturated heterocycles. The fourth-order valence-electron chi connectivity index (χ4n) is 0.297. The van der Waals surface area contributed by atoms with Crippen LogP contribution in [-0.4, -0.2) is 28.2 Å². The second-order valence-electron chi connectivity index (χ2n) is 1.29. The second-order valence-corrected chi connectivity index (χ2v) is 1.29. The summed E-state index contributed by atoms with van der Waals surface area (Å²) in [6.45, 7) is 0. The minimum atomic E-state index is -1.79. The first-order chi connectivity index (χ1) is 4.46. The van der Waals surface area contributed by atoms with E-state index in [0.717, 1.165) is 0 Å². The van der Waals surface area contributed by atoms with Gasteiger partial charge in [0.2, 0.25) is 0 Å². The van der Waals surface area contributed by atoms with Gasteiger partial charge in [0, 0.05) is 0 Å². The number of imide groups is 3. The number of nitrogens with two attached hydrogens (primary N) is 2. The molecule has 56 valence electrons. The highest BCUT2D eigenvalue weighted by Crippen LogP contribution is 1.86. The number of carbonyl (C=O) groups is 3. The Morgan fingerprint density at radius 1 is 1.10 bits per heavy atom. The van der Waals surface area contributed by atoms with Crippen molar-refractivity contribution in [3.05, 3.63) is 0 Å². The smallest absolute Gasteiger partial charge is 0.424 e. The summed E-state index contributed by atoms with van der Waals surface area (Å²) in [6, 6.07) is -2.83. The van der Waals surface area contributed by atoms with E-state index in [2.05, 4.69) is 11.5 Å². The van der Waals surface area contributed by atoms with Crippen molar-refractivity contribution in [1.29, 1.82) is 0 Å². The van der Waals surface area contributed by atoms with Crippen molar-refractivity contribution < 1.29 is 19.5 Å². The van der Waals surface area contributed by atoms with Crippen molar-refractivity contribution in [3.63, 3.8) is 0 Å². The average molecular weight is 147 g/mol.